The number of benzene rings is 2. The summed E-state index contributed by atoms with van der Waals surface area (Å²) in [7, 11) is 1.51. The number of rotatable bonds is 8. The molecule has 0 aliphatic carbocycles. The van der Waals surface area contributed by atoms with Crippen LogP contribution in [0.15, 0.2) is 36.4 Å². The first kappa shape index (κ1) is 22.7. The van der Waals surface area contributed by atoms with Crippen LogP contribution >= 0.6 is 24.4 Å². The van der Waals surface area contributed by atoms with Gasteiger partial charge < -0.3 is 20.1 Å². The van der Waals surface area contributed by atoms with E-state index in [-0.39, 0.29) is 5.91 Å². The summed E-state index contributed by atoms with van der Waals surface area (Å²) in [6, 6.07) is 9.39. The number of hydrogen-bond acceptors (Lipinski definition) is 5. The van der Waals surface area contributed by atoms with Crippen LogP contribution in [0.2, 0.25) is 5.02 Å². The summed E-state index contributed by atoms with van der Waals surface area (Å²) in [5.74, 6) is 0.730. The van der Waals surface area contributed by atoms with Crippen LogP contribution in [0.3, 0.4) is 0 Å². The monoisotopic (exact) mass is 437 g/mol. The molecule has 2 aromatic carbocycles. The topological polar surface area (TPSA) is 79.9 Å². The summed E-state index contributed by atoms with van der Waals surface area (Å²) in [5.41, 5.74) is 1.55. The van der Waals surface area contributed by atoms with E-state index in [0.29, 0.717) is 40.2 Å². The van der Waals surface area contributed by atoms with Gasteiger partial charge in [-0.25, -0.2) is 9.10 Å². The summed E-state index contributed by atoms with van der Waals surface area (Å²) in [4.78, 5) is 23.8. The van der Waals surface area contributed by atoms with Gasteiger partial charge in [0.15, 0.2) is 0 Å². The summed E-state index contributed by atoms with van der Waals surface area (Å²) in [6.07, 6.45) is 1.85. The molecule has 156 valence electrons. The Kier molecular flexibility index (Phi) is 8.48. The van der Waals surface area contributed by atoms with E-state index in [1.807, 2.05) is 0 Å². The van der Waals surface area contributed by atoms with Crippen LogP contribution in [0.4, 0.5) is 21.9 Å². The Hall–Kier alpha value is -2.58. The van der Waals surface area contributed by atoms with E-state index >= 15 is 0 Å². The standard InChI is InChI=1S/C20H24ClN3O4S/c1-4-5-10-28-19-12-18(27-3)16(21)11-17(19)23-20(26)24(29)15-8-6-14(7-9-15)22-13(2)25/h6-9,11-12,29H,4-5,10H2,1-3H3,(H,22,25)(H,23,26). The zero-order valence-electron chi connectivity index (χ0n) is 16.5. The lowest BCUT2D eigenvalue weighted by Crippen LogP contribution is -2.27. The number of ether oxygens (including phenoxy) is 2. The van der Waals surface area contributed by atoms with Crippen molar-refractivity contribution in [3.05, 3.63) is 41.4 Å². The van der Waals surface area contributed by atoms with Gasteiger partial charge in [-0.3, -0.25) is 4.79 Å². The molecule has 0 aliphatic heterocycles. The van der Waals surface area contributed by atoms with Gasteiger partial charge in [-0.2, -0.15) is 0 Å². The Morgan fingerprint density at radius 2 is 1.83 bits per heavy atom. The van der Waals surface area contributed by atoms with Gasteiger partial charge in [0, 0.05) is 18.7 Å². The Labute approximate surface area is 180 Å². The molecule has 0 spiro atoms. The Morgan fingerprint density at radius 1 is 1.14 bits per heavy atom. The molecule has 0 aliphatic rings. The number of hydrogen-bond donors (Lipinski definition) is 3. The molecule has 0 saturated heterocycles. The van der Waals surface area contributed by atoms with Gasteiger partial charge in [0.1, 0.15) is 11.5 Å². The number of unbranched alkanes of at least 4 members (excludes halogenated alkanes) is 1. The molecule has 0 radical (unpaired) electrons. The number of amides is 3. The second-order valence-corrected chi connectivity index (χ2v) is 6.96. The molecule has 0 saturated carbocycles. The summed E-state index contributed by atoms with van der Waals surface area (Å²) in [6.45, 7) is 3.98. The quantitative estimate of drug-likeness (QED) is 0.383. The second-order valence-electron chi connectivity index (χ2n) is 6.15. The van der Waals surface area contributed by atoms with Crippen molar-refractivity contribution in [2.75, 3.05) is 28.7 Å². The number of carbonyl (C=O) groups excluding carboxylic acids is 2. The van der Waals surface area contributed by atoms with Crippen LogP contribution in [0, 0.1) is 0 Å². The normalized spacial score (nSPS) is 10.2. The second kappa shape index (κ2) is 10.8. The van der Waals surface area contributed by atoms with Crippen LogP contribution in [0.1, 0.15) is 26.7 Å². The van der Waals surface area contributed by atoms with Crippen LogP contribution < -0.4 is 24.4 Å². The van der Waals surface area contributed by atoms with Crippen LogP contribution in [-0.4, -0.2) is 25.7 Å². The zero-order valence-corrected chi connectivity index (χ0v) is 18.1. The molecule has 2 rings (SSSR count). The van der Waals surface area contributed by atoms with Gasteiger partial charge in [0.05, 0.1) is 30.1 Å². The van der Waals surface area contributed by atoms with Crippen molar-refractivity contribution in [3.8, 4) is 11.5 Å². The highest BCUT2D eigenvalue weighted by molar-refractivity contribution is 7.82. The Morgan fingerprint density at radius 3 is 2.41 bits per heavy atom. The SMILES string of the molecule is CCCCOc1cc(OC)c(Cl)cc1NC(=O)N(S)c1ccc(NC(C)=O)cc1. The number of halogens is 1. The van der Waals surface area contributed by atoms with Crippen molar-refractivity contribution in [1.29, 1.82) is 0 Å². The number of anilines is 3. The van der Waals surface area contributed by atoms with E-state index in [0.717, 1.165) is 17.1 Å². The molecule has 2 N–H and O–H groups in total. The fraction of sp³-hybridized carbons (Fsp3) is 0.300. The van der Waals surface area contributed by atoms with E-state index in [1.54, 1.807) is 36.4 Å². The molecule has 0 aromatic heterocycles. The van der Waals surface area contributed by atoms with Crippen molar-refractivity contribution in [2.24, 2.45) is 0 Å². The first-order chi connectivity index (χ1) is 13.8. The lowest BCUT2D eigenvalue weighted by atomic mass is 10.2. The van der Waals surface area contributed by atoms with Crippen LogP contribution in [0.25, 0.3) is 0 Å². The van der Waals surface area contributed by atoms with Gasteiger partial charge in [-0.1, -0.05) is 37.8 Å². The van der Waals surface area contributed by atoms with Crippen LogP contribution in [0.5, 0.6) is 11.5 Å². The molecule has 3 amide bonds. The summed E-state index contributed by atoms with van der Waals surface area (Å²) in [5, 5.41) is 5.76. The maximum Gasteiger partial charge on any atom is 0.336 e. The van der Waals surface area contributed by atoms with Gasteiger partial charge >= 0.3 is 6.03 Å². The molecular weight excluding hydrogens is 414 g/mol. The Bertz CT molecular complexity index is 862. The van der Waals surface area contributed by atoms with E-state index < -0.39 is 6.03 Å². The number of nitrogens with one attached hydrogen (secondary N) is 2. The van der Waals surface area contributed by atoms with Gasteiger partial charge in [0.25, 0.3) is 0 Å². The molecule has 0 atom stereocenters. The molecule has 0 heterocycles. The Balaban J connectivity index is 2.17. The fourth-order valence-electron chi connectivity index (χ4n) is 2.41. The highest BCUT2D eigenvalue weighted by Gasteiger charge is 2.17. The molecule has 2 aromatic rings. The van der Waals surface area contributed by atoms with Crippen LogP contribution in [-0.2, 0) is 4.79 Å². The molecule has 0 unspecified atom stereocenters. The molecular formula is C20H24ClN3O4S. The number of nitrogens with zero attached hydrogens (tertiary/aromatic N) is 1. The number of carbonyl (C=O) groups is 2. The van der Waals surface area contributed by atoms with Gasteiger partial charge in [0.2, 0.25) is 5.91 Å². The third-order valence-corrected chi connectivity index (χ3v) is 4.58. The lowest BCUT2D eigenvalue weighted by molar-refractivity contribution is -0.114. The van der Waals surface area contributed by atoms with Crippen molar-refractivity contribution >= 4 is 53.4 Å². The molecule has 29 heavy (non-hydrogen) atoms. The minimum atomic E-state index is -0.498. The minimum absolute atomic E-state index is 0.176. The number of urea groups is 1. The van der Waals surface area contributed by atoms with Gasteiger partial charge in [-0.15, -0.1) is 0 Å². The highest BCUT2D eigenvalue weighted by atomic mass is 35.5. The fourth-order valence-corrected chi connectivity index (χ4v) is 2.83. The maximum atomic E-state index is 12.7. The van der Waals surface area contributed by atoms with E-state index in [9.17, 15) is 9.59 Å². The minimum Gasteiger partial charge on any atom is -0.495 e. The van der Waals surface area contributed by atoms with Gasteiger partial charge in [-0.05, 0) is 36.8 Å². The summed E-state index contributed by atoms with van der Waals surface area (Å²) >= 11 is 10.5. The predicted octanol–water partition coefficient (Wildman–Crippen LogP) is 5.37. The maximum absolute atomic E-state index is 12.7. The van der Waals surface area contributed by atoms with E-state index in [1.165, 1.54) is 14.0 Å². The van der Waals surface area contributed by atoms with Crippen molar-refractivity contribution in [1.82, 2.24) is 0 Å². The third kappa shape index (κ3) is 6.47. The third-order valence-electron chi connectivity index (χ3n) is 3.88. The average Bonchev–Trinajstić information content (AvgIpc) is 2.69. The van der Waals surface area contributed by atoms with Crippen molar-refractivity contribution < 1.29 is 19.1 Å². The highest BCUT2D eigenvalue weighted by Crippen LogP contribution is 2.36. The predicted molar refractivity (Wildman–Crippen MR) is 120 cm³/mol. The number of methoxy groups -OCH3 is 1. The van der Waals surface area contributed by atoms with Crippen molar-refractivity contribution in [2.45, 2.75) is 26.7 Å². The first-order valence-electron chi connectivity index (χ1n) is 9.03. The van der Waals surface area contributed by atoms with Crippen molar-refractivity contribution in [3.63, 3.8) is 0 Å². The smallest absolute Gasteiger partial charge is 0.336 e. The molecule has 7 nitrogen and oxygen atoms in total. The zero-order chi connectivity index (χ0) is 21.4. The molecule has 0 fully saturated rings. The largest absolute Gasteiger partial charge is 0.495 e. The van der Waals surface area contributed by atoms with E-state index in [2.05, 4.69) is 30.4 Å². The lowest BCUT2D eigenvalue weighted by Gasteiger charge is -2.19. The van der Waals surface area contributed by atoms with E-state index in [4.69, 9.17) is 21.1 Å². The molecule has 0 bridgehead atoms. The average molecular weight is 438 g/mol. The first-order valence-corrected chi connectivity index (χ1v) is 9.81. The summed E-state index contributed by atoms with van der Waals surface area (Å²) < 4.78 is 12.1. The molecule has 9 heteroatoms. The number of thiol groups is 1.